The Kier molecular flexibility index (Phi) is 6.37. The first-order valence-electron chi connectivity index (χ1n) is 7.11. The van der Waals surface area contributed by atoms with Crippen LogP contribution in [0.2, 0.25) is 0 Å². The topological polar surface area (TPSA) is 29.3 Å². The quantitative estimate of drug-likeness (QED) is 0.754. The Morgan fingerprint density at radius 1 is 1.31 bits per heavy atom. The van der Waals surface area contributed by atoms with Crippen molar-refractivity contribution in [2.75, 3.05) is 19.6 Å². The number of nitrogens with two attached hydrogens (primary N) is 1. The normalized spacial score (nSPS) is 24.9. The van der Waals surface area contributed by atoms with Crippen LogP contribution in [0, 0.1) is 11.8 Å². The zero-order chi connectivity index (χ0) is 12.0. The Bertz CT molecular complexity index is 180. The van der Waals surface area contributed by atoms with Crippen LogP contribution in [0.4, 0.5) is 0 Å². The molecule has 1 saturated heterocycles. The van der Waals surface area contributed by atoms with Crippen molar-refractivity contribution in [3.63, 3.8) is 0 Å². The van der Waals surface area contributed by atoms with Crippen molar-refractivity contribution in [1.29, 1.82) is 0 Å². The van der Waals surface area contributed by atoms with E-state index < -0.39 is 0 Å². The number of piperidine rings is 1. The molecule has 1 fully saturated rings. The van der Waals surface area contributed by atoms with Gasteiger partial charge in [0.25, 0.3) is 0 Å². The highest BCUT2D eigenvalue weighted by Crippen LogP contribution is 2.22. The lowest BCUT2D eigenvalue weighted by molar-refractivity contribution is 0.117. The van der Waals surface area contributed by atoms with Gasteiger partial charge in [-0.2, -0.15) is 0 Å². The Morgan fingerprint density at radius 2 is 2.06 bits per heavy atom. The van der Waals surface area contributed by atoms with Gasteiger partial charge in [0.1, 0.15) is 0 Å². The van der Waals surface area contributed by atoms with Crippen molar-refractivity contribution < 1.29 is 0 Å². The molecule has 2 atom stereocenters. The molecular formula is C14H30N2. The molecule has 1 rings (SSSR count). The fourth-order valence-electron chi connectivity index (χ4n) is 3.01. The minimum atomic E-state index is 0.701. The second-order valence-corrected chi connectivity index (χ2v) is 5.78. The third-order valence-corrected chi connectivity index (χ3v) is 3.85. The number of hydrogen-bond acceptors (Lipinski definition) is 2. The summed E-state index contributed by atoms with van der Waals surface area (Å²) >= 11 is 0. The van der Waals surface area contributed by atoms with E-state index in [9.17, 15) is 0 Å². The molecule has 0 amide bonds. The molecule has 1 aliphatic heterocycles. The summed E-state index contributed by atoms with van der Waals surface area (Å²) in [6.07, 6.45) is 6.79. The summed E-state index contributed by atoms with van der Waals surface area (Å²) in [7, 11) is 0. The largest absolute Gasteiger partial charge is 0.330 e. The molecule has 2 nitrogen and oxygen atoms in total. The molecule has 2 heteroatoms. The minimum absolute atomic E-state index is 0.701. The molecule has 2 N–H and O–H groups in total. The van der Waals surface area contributed by atoms with E-state index in [-0.39, 0.29) is 0 Å². The van der Waals surface area contributed by atoms with Crippen LogP contribution in [-0.2, 0) is 0 Å². The second kappa shape index (κ2) is 7.29. The van der Waals surface area contributed by atoms with Gasteiger partial charge in [-0.05, 0) is 50.6 Å². The molecule has 0 aromatic heterocycles. The maximum Gasteiger partial charge on any atom is 0.00927 e. The SMILES string of the molecule is CCC1CCCCN1CC(CN)CC(C)C. The van der Waals surface area contributed by atoms with Crippen molar-refractivity contribution in [3.05, 3.63) is 0 Å². The average molecular weight is 226 g/mol. The lowest BCUT2D eigenvalue weighted by Gasteiger charge is -2.37. The molecular weight excluding hydrogens is 196 g/mol. The Labute approximate surface area is 102 Å². The van der Waals surface area contributed by atoms with Crippen LogP contribution in [0.25, 0.3) is 0 Å². The molecule has 0 spiro atoms. The van der Waals surface area contributed by atoms with Crippen LogP contribution in [0.15, 0.2) is 0 Å². The minimum Gasteiger partial charge on any atom is -0.330 e. The highest BCUT2D eigenvalue weighted by molar-refractivity contribution is 4.78. The molecule has 2 unspecified atom stereocenters. The third kappa shape index (κ3) is 4.42. The van der Waals surface area contributed by atoms with Crippen molar-refractivity contribution in [1.82, 2.24) is 4.90 Å². The van der Waals surface area contributed by atoms with E-state index in [4.69, 9.17) is 5.73 Å². The van der Waals surface area contributed by atoms with Crippen LogP contribution in [0.5, 0.6) is 0 Å². The highest BCUT2D eigenvalue weighted by atomic mass is 15.2. The van der Waals surface area contributed by atoms with E-state index in [1.807, 2.05) is 0 Å². The summed E-state index contributed by atoms with van der Waals surface area (Å²) in [5.41, 5.74) is 5.90. The molecule has 96 valence electrons. The molecule has 0 saturated carbocycles. The molecule has 0 aromatic rings. The molecule has 16 heavy (non-hydrogen) atoms. The van der Waals surface area contributed by atoms with Gasteiger partial charge < -0.3 is 10.6 Å². The number of hydrogen-bond donors (Lipinski definition) is 1. The molecule has 0 aliphatic carbocycles. The smallest absolute Gasteiger partial charge is 0.00927 e. The monoisotopic (exact) mass is 226 g/mol. The predicted octanol–water partition coefficient (Wildman–Crippen LogP) is 2.87. The fraction of sp³-hybridized carbons (Fsp3) is 1.00. The number of likely N-dealkylation sites (tertiary alicyclic amines) is 1. The summed E-state index contributed by atoms with van der Waals surface area (Å²) in [4.78, 5) is 2.70. The Balaban J connectivity index is 2.41. The van der Waals surface area contributed by atoms with E-state index in [1.54, 1.807) is 0 Å². The molecule has 0 bridgehead atoms. The van der Waals surface area contributed by atoms with Crippen LogP contribution < -0.4 is 5.73 Å². The van der Waals surface area contributed by atoms with Crippen molar-refractivity contribution in [2.45, 2.75) is 58.9 Å². The summed E-state index contributed by atoms with van der Waals surface area (Å²) < 4.78 is 0. The third-order valence-electron chi connectivity index (χ3n) is 3.85. The molecule has 0 radical (unpaired) electrons. The van der Waals surface area contributed by atoms with Crippen LogP contribution in [0.3, 0.4) is 0 Å². The Hall–Kier alpha value is -0.0800. The lowest BCUT2D eigenvalue weighted by atomic mass is 9.93. The van der Waals surface area contributed by atoms with Gasteiger partial charge in [-0.25, -0.2) is 0 Å². The van der Waals surface area contributed by atoms with Gasteiger partial charge in [-0.15, -0.1) is 0 Å². The van der Waals surface area contributed by atoms with E-state index >= 15 is 0 Å². The van der Waals surface area contributed by atoms with E-state index in [1.165, 1.54) is 45.2 Å². The zero-order valence-electron chi connectivity index (χ0n) is 11.4. The van der Waals surface area contributed by atoms with Gasteiger partial charge in [0.2, 0.25) is 0 Å². The summed E-state index contributed by atoms with van der Waals surface area (Å²) in [5, 5.41) is 0. The lowest BCUT2D eigenvalue weighted by Crippen LogP contribution is -2.43. The van der Waals surface area contributed by atoms with Gasteiger partial charge in [0, 0.05) is 12.6 Å². The summed E-state index contributed by atoms with van der Waals surface area (Å²) in [5.74, 6) is 1.48. The van der Waals surface area contributed by atoms with E-state index in [0.29, 0.717) is 5.92 Å². The second-order valence-electron chi connectivity index (χ2n) is 5.78. The van der Waals surface area contributed by atoms with Crippen molar-refractivity contribution in [2.24, 2.45) is 17.6 Å². The standard InChI is InChI=1S/C14H30N2/c1-4-14-7-5-6-8-16(14)11-13(10-15)9-12(2)3/h12-14H,4-11,15H2,1-3H3. The zero-order valence-corrected chi connectivity index (χ0v) is 11.4. The van der Waals surface area contributed by atoms with Gasteiger partial charge in [-0.1, -0.05) is 27.2 Å². The maximum atomic E-state index is 5.90. The van der Waals surface area contributed by atoms with E-state index in [0.717, 1.165) is 18.5 Å². The first-order valence-corrected chi connectivity index (χ1v) is 7.11. The molecule has 1 heterocycles. The Morgan fingerprint density at radius 3 is 2.62 bits per heavy atom. The molecule has 1 aliphatic rings. The number of rotatable bonds is 6. The van der Waals surface area contributed by atoms with Gasteiger partial charge in [0.15, 0.2) is 0 Å². The van der Waals surface area contributed by atoms with Crippen LogP contribution >= 0.6 is 0 Å². The predicted molar refractivity (Wildman–Crippen MR) is 71.5 cm³/mol. The molecule has 0 aromatic carbocycles. The van der Waals surface area contributed by atoms with Gasteiger partial charge in [0.05, 0.1) is 0 Å². The highest BCUT2D eigenvalue weighted by Gasteiger charge is 2.23. The van der Waals surface area contributed by atoms with Gasteiger partial charge >= 0.3 is 0 Å². The van der Waals surface area contributed by atoms with E-state index in [2.05, 4.69) is 25.7 Å². The summed E-state index contributed by atoms with van der Waals surface area (Å²) in [6.45, 7) is 10.3. The van der Waals surface area contributed by atoms with Crippen molar-refractivity contribution >= 4 is 0 Å². The fourth-order valence-corrected chi connectivity index (χ4v) is 3.01. The number of nitrogens with zero attached hydrogens (tertiary/aromatic N) is 1. The first kappa shape index (κ1) is 14.0. The summed E-state index contributed by atoms with van der Waals surface area (Å²) in [6, 6.07) is 0.829. The van der Waals surface area contributed by atoms with Crippen LogP contribution in [-0.4, -0.2) is 30.6 Å². The van der Waals surface area contributed by atoms with Gasteiger partial charge in [-0.3, -0.25) is 0 Å². The average Bonchev–Trinajstić information content (AvgIpc) is 2.28. The van der Waals surface area contributed by atoms with Crippen molar-refractivity contribution in [3.8, 4) is 0 Å². The maximum absolute atomic E-state index is 5.90. The first-order chi connectivity index (χ1) is 7.67. The van der Waals surface area contributed by atoms with Crippen LogP contribution in [0.1, 0.15) is 52.9 Å².